The maximum Gasteiger partial charge on any atom is 0.193 e. The molecule has 0 bridgehead atoms. The Balaban J connectivity index is 0.00000210. The Morgan fingerprint density at radius 1 is 1.30 bits per heavy atom. The van der Waals surface area contributed by atoms with Crippen LogP contribution in [0.4, 0.5) is 4.39 Å². The van der Waals surface area contributed by atoms with Gasteiger partial charge in [-0.1, -0.05) is 0 Å². The van der Waals surface area contributed by atoms with E-state index < -0.39 is 0 Å². The fourth-order valence-electron chi connectivity index (χ4n) is 4.34. The fraction of sp³-hybridized carbons (Fsp3) is 0.550. The van der Waals surface area contributed by atoms with E-state index in [4.69, 9.17) is 0 Å². The molecular formula is C20H29FIN5. The van der Waals surface area contributed by atoms with Crippen molar-refractivity contribution >= 4 is 40.8 Å². The van der Waals surface area contributed by atoms with Crippen molar-refractivity contribution in [2.45, 2.75) is 31.7 Å². The second-order valence-corrected chi connectivity index (χ2v) is 7.36. The Hall–Kier alpha value is -1.35. The molecule has 5 nitrogen and oxygen atoms in total. The zero-order valence-corrected chi connectivity index (χ0v) is 18.2. The number of hydrogen-bond donors (Lipinski definition) is 2. The van der Waals surface area contributed by atoms with Crippen molar-refractivity contribution in [2.24, 2.45) is 4.99 Å². The molecule has 2 aromatic rings. The molecule has 3 heterocycles. The Bertz CT molecular complexity index is 784. The molecule has 0 saturated carbocycles. The van der Waals surface area contributed by atoms with Crippen LogP contribution in [-0.4, -0.2) is 66.6 Å². The van der Waals surface area contributed by atoms with Gasteiger partial charge in [0.15, 0.2) is 5.96 Å². The summed E-state index contributed by atoms with van der Waals surface area (Å²) in [5, 5.41) is 4.46. The number of nitrogens with zero attached hydrogens (tertiary/aromatic N) is 3. The number of likely N-dealkylation sites (tertiary alicyclic amines) is 2. The number of fused-ring (bicyclic) bond motifs is 1. The fourth-order valence-corrected chi connectivity index (χ4v) is 4.34. The summed E-state index contributed by atoms with van der Waals surface area (Å²) in [6, 6.07) is 5.57. The number of aromatic amines is 1. The highest BCUT2D eigenvalue weighted by Crippen LogP contribution is 2.21. The molecule has 1 aromatic heterocycles. The van der Waals surface area contributed by atoms with Gasteiger partial charge in [0.25, 0.3) is 0 Å². The third kappa shape index (κ3) is 4.56. The summed E-state index contributed by atoms with van der Waals surface area (Å²) in [5.74, 6) is 0.796. The Kier molecular flexibility index (Phi) is 6.97. The summed E-state index contributed by atoms with van der Waals surface area (Å²) >= 11 is 0. The number of nitrogens with one attached hydrogen (secondary N) is 2. The predicted molar refractivity (Wildman–Crippen MR) is 120 cm³/mol. The van der Waals surface area contributed by atoms with Crippen molar-refractivity contribution in [3.8, 4) is 0 Å². The molecule has 4 rings (SSSR count). The van der Waals surface area contributed by atoms with E-state index in [2.05, 4.69) is 25.1 Å². The SMILES string of the molecule is CN=C(NCCc1c[nH]c2ccc(F)cc12)N1CCC(N2CCCC2)C1.I. The van der Waals surface area contributed by atoms with Gasteiger partial charge >= 0.3 is 0 Å². The molecule has 7 heteroatoms. The molecule has 0 aliphatic carbocycles. The molecule has 1 unspecified atom stereocenters. The number of hydrogen-bond acceptors (Lipinski definition) is 2. The minimum atomic E-state index is -0.188. The van der Waals surface area contributed by atoms with E-state index in [1.54, 1.807) is 12.1 Å². The van der Waals surface area contributed by atoms with Crippen molar-refractivity contribution in [1.82, 2.24) is 20.1 Å². The van der Waals surface area contributed by atoms with Crippen molar-refractivity contribution in [3.63, 3.8) is 0 Å². The van der Waals surface area contributed by atoms with Crippen LogP contribution in [0.1, 0.15) is 24.8 Å². The lowest BCUT2D eigenvalue weighted by molar-refractivity contribution is 0.249. The number of rotatable bonds is 4. The van der Waals surface area contributed by atoms with E-state index in [0.717, 1.165) is 48.5 Å². The Morgan fingerprint density at radius 3 is 2.89 bits per heavy atom. The van der Waals surface area contributed by atoms with Crippen LogP contribution in [0, 0.1) is 5.82 Å². The molecule has 148 valence electrons. The maximum absolute atomic E-state index is 13.5. The summed E-state index contributed by atoms with van der Waals surface area (Å²) in [4.78, 5) is 12.7. The second-order valence-electron chi connectivity index (χ2n) is 7.36. The molecule has 0 spiro atoms. The van der Waals surface area contributed by atoms with Gasteiger partial charge in [-0.05, 0) is 62.5 Å². The highest BCUT2D eigenvalue weighted by molar-refractivity contribution is 14.0. The van der Waals surface area contributed by atoms with Gasteiger partial charge < -0.3 is 15.2 Å². The number of halogens is 2. The van der Waals surface area contributed by atoms with Crippen molar-refractivity contribution < 1.29 is 4.39 Å². The average Bonchev–Trinajstić information content (AvgIpc) is 3.39. The van der Waals surface area contributed by atoms with Crippen LogP contribution in [0.25, 0.3) is 10.9 Å². The lowest BCUT2D eigenvalue weighted by atomic mass is 10.1. The third-order valence-electron chi connectivity index (χ3n) is 5.74. The summed E-state index contributed by atoms with van der Waals surface area (Å²) in [7, 11) is 1.85. The van der Waals surface area contributed by atoms with Gasteiger partial charge in [-0.15, -0.1) is 24.0 Å². The lowest BCUT2D eigenvalue weighted by Crippen LogP contribution is -2.43. The molecule has 0 amide bonds. The highest BCUT2D eigenvalue weighted by atomic mass is 127. The standard InChI is InChI=1S/C20H28FN5.HI/c1-22-20(26-11-7-17(14-26)25-9-2-3-10-25)23-8-6-15-13-24-19-5-4-16(21)12-18(15)19;/h4-5,12-13,17,24H,2-3,6-11,14H2,1H3,(H,22,23);1H. The first kappa shape index (κ1) is 20.4. The van der Waals surface area contributed by atoms with E-state index in [1.807, 2.05) is 13.2 Å². The van der Waals surface area contributed by atoms with Gasteiger partial charge in [0.2, 0.25) is 0 Å². The predicted octanol–water partition coefficient (Wildman–Crippen LogP) is 3.21. The number of H-pyrrole nitrogens is 1. The smallest absolute Gasteiger partial charge is 0.193 e. The zero-order valence-electron chi connectivity index (χ0n) is 15.9. The van der Waals surface area contributed by atoms with Gasteiger partial charge in [0.05, 0.1) is 0 Å². The Labute approximate surface area is 177 Å². The molecule has 2 aliphatic heterocycles. The first-order chi connectivity index (χ1) is 12.7. The van der Waals surface area contributed by atoms with E-state index in [-0.39, 0.29) is 29.8 Å². The molecule has 27 heavy (non-hydrogen) atoms. The molecule has 2 saturated heterocycles. The lowest BCUT2D eigenvalue weighted by Gasteiger charge is -2.25. The van der Waals surface area contributed by atoms with Crippen LogP contribution in [-0.2, 0) is 6.42 Å². The number of benzene rings is 1. The highest BCUT2D eigenvalue weighted by Gasteiger charge is 2.30. The number of guanidine groups is 1. The van der Waals surface area contributed by atoms with E-state index >= 15 is 0 Å². The minimum Gasteiger partial charge on any atom is -0.361 e. The second kappa shape index (κ2) is 9.23. The van der Waals surface area contributed by atoms with Crippen LogP contribution >= 0.6 is 24.0 Å². The summed E-state index contributed by atoms with van der Waals surface area (Å²) in [6.45, 7) is 5.43. The molecule has 2 aliphatic rings. The van der Waals surface area contributed by atoms with Crippen LogP contribution in [0.15, 0.2) is 29.4 Å². The molecule has 1 atom stereocenters. The van der Waals surface area contributed by atoms with Gasteiger partial charge in [0, 0.05) is 49.8 Å². The molecule has 1 aromatic carbocycles. The number of aliphatic imine (C=N–C) groups is 1. The first-order valence-electron chi connectivity index (χ1n) is 9.70. The number of aromatic nitrogens is 1. The third-order valence-corrected chi connectivity index (χ3v) is 5.74. The molecule has 2 N–H and O–H groups in total. The van der Waals surface area contributed by atoms with E-state index in [0.29, 0.717) is 6.04 Å². The summed E-state index contributed by atoms with van der Waals surface area (Å²) < 4.78 is 13.5. The summed E-state index contributed by atoms with van der Waals surface area (Å²) in [5.41, 5.74) is 2.12. The van der Waals surface area contributed by atoms with Crippen LogP contribution in [0.2, 0.25) is 0 Å². The zero-order chi connectivity index (χ0) is 17.9. The monoisotopic (exact) mass is 485 g/mol. The molecule has 2 fully saturated rings. The van der Waals surface area contributed by atoms with Gasteiger partial charge in [-0.25, -0.2) is 4.39 Å². The van der Waals surface area contributed by atoms with Crippen LogP contribution in [0.5, 0.6) is 0 Å². The van der Waals surface area contributed by atoms with E-state index in [1.165, 1.54) is 38.4 Å². The average molecular weight is 485 g/mol. The minimum absolute atomic E-state index is 0. The van der Waals surface area contributed by atoms with E-state index in [9.17, 15) is 4.39 Å². The Morgan fingerprint density at radius 2 is 2.11 bits per heavy atom. The maximum atomic E-state index is 13.5. The quantitative estimate of drug-likeness (QED) is 0.398. The normalized spacial score (nSPS) is 21.0. The summed E-state index contributed by atoms with van der Waals surface area (Å²) in [6.07, 6.45) is 6.73. The van der Waals surface area contributed by atoms with Gasteiger partial charge in [-0.2, -0.15) is 0 Å². The molecule has 0 radical (unpaired) electrons. The largest absolute Gasteiger partial charge is 0.361 e. The molecular weight excluding hydrogens is 456 g/mol. The van der Waals surface area contributed by atoms with Crippen molar-refractivity contribution in [1.29, 1.82) is 0 Å². The first-order valence-corrected chi connectivity index (χ1v) is 9.70. The van der Waals surface area contributed by atoms with Gasteiger partial charge in [0.1, 0.15) is 5.82 Å². The topological polar surface area (TPSA) is 46.7 Å². The van der Waals surface area contributed by atoms with Crippen molar-refractivity contribution in [2.75, 3.05) is 39.8 Å². The van der Waals surface area contributed by atoms with Gasteiger partial charge in [-0.3, -0.25) is 9.89 Å². The van der Waals surface area contributed by atoms with Crippen LogP contribution < -0.4 is 5.32 Å². The van der Waals surface area contributed by atoms with Crippen molar-refractivity contribution in [3.05, 3.63) is 35.8 Å². The van der Waals surface area contributed by atoms with Crippen LogP contribution in [0.3, 0.4) is 0 Å².